The average molecular weight is 229 g/mol. The molecule has 0 spiro atoms. The van der Waals surface area contributed by atoms with Crippen LogP contribution in [0, 0.1) is 13.8 Å². The molecule has 0 aliphatic heterocycles. The van der Waals surface area contributed by atoms with E-state index in [-0.39, 0.29) is 0 Å². The van der Waals surface area contributed by atoms with Crippen LogP contribution in [0.3, 0.4) is 0 Å². The lowest BCUT2D eigenvalue weighted by Gasteiger charge is -1.98. The highest BCUT2D eigenvalue weighted by molar-refractivity contribution is 7.13. The first-order valence-electron chi connectivity index (χ1n) is 5.16. The SMILES string of the molecule is Cc1cc2onc(-c3cccs3)c2cc1C. The Labute approximate surface area is 97.5 Å². The van der Waals surface area contributed by atoms with Gasteiger partial charge < -0.3 is 4.52 Å². The van der Waals surface area contributed by atoms with Gasteiger partial charge in [-0.2, -0.15) is 0 Å². The summed E-state index contributed by atoms with van der Waals surface area (Å²) in [5, 5.41) is 7.31. The number of hydrogen-bond donors (Lipinski definition) is 0. The Morgan fingerprint density at radius 3 is 2.75 bits per heavy atom. The Balaban J connectivity index is 2.32. The molecule has 0 aliphatic rings. The molecule has 3 aromatic rings. The summed E-state index contributed by atoms with van der Waals surface area (Å²) >= 11 is 1.68. The van der Waals surface area contributed by atoms with Gasteiger partial charge in [-0.15, -0.1) is 11.3 Å². The number of aromatic nitrogens is 1. The van der Waals surface area contributed by atoms with Gasteiger partial charge in [0.1, 0.15) is 5.69 Å². The van der Waals surface area contributed by atoms with Crippen molar-refractivity contribution < 1.29 is 4.52 Å². The Hall–Kier alpha value is -1.61. The van der Waals surface area contributed by atoms with Crippen molar-refractivity contribution in [3.8, 4) is 10.6 Å². The number of rotatable bonds is 1. The Morgan fingerprint density at radius 2 is 2.00 bits per heavy atom. The first-order valence-corrected chi connectivity index (χ1v) is 6.04. The number of thiophene rings is 1. The van der Waals surface area contributed by atoms with Crippen molar-refractivity contribution in [3.63, 3.8) is 0 Å². The van der Waals surface area contributed by atoms with E-state index in [1.54, 1.807) is 11.3 Å². The van der Waals surface area contributed by atoms with Gasteiger partial charge in [0.15, 0.2) is 5.58 Å². The van der Waals surface area contributed by atoms with Crippen LogP contribution in [0.25, 0.3) is 21.5 Å². The Bertz CT molecular complexity index is 637. The molecule has 0 fully saturated rings. The highest BCUT2D eigenvalue weighted by Crippen LogP contribution is 2.32. The van der Waals surface area contributed by atoms with Crippen molar-refractivity contribution in [2.75, 3.05) is 0 Å². The molecule has 0 atom stereocenters. The largest absolute Gasteiger partial charge is 0.356 e. The third-order valence-corrected chi connectivity index (χ3v) is 3.72. The molecule has 0 N–H and O–H groups in total. The van der Waals surface area contributed by atoms with Crippen LogP contribution in [0.15, 0.2) is 34.2 Å². The molecule has 0 bridgehead atoms. The molecule has 16 heavy (non-hydrogen) atoms. The lowest BCUT2D eigenvalue weighted by molar-refractivity contribution is 0.459. The molecule has 3 heteroatoms. The van der Waals surface area contributed by atoms with Crippen LogP contribution in [0.2, 0.25) is 0 Å². The summed E-state index contributed by atoms with van der Waals surface area (Å²) in [6.07, 6.45) is 0. The average Bonchev–Trinajstić information content (AvgIpc) is 2.87. The van der Waals surface area contributed by atoms with Gasteiger partial charge in [0, 0.05) is 0 Å². The van der Waals surface area contributed by atoms with E-state index in [2.05, 4.69) is 42.6 Å². The van der Waals surface area contributed by atoms with Crippen LogP contribution < -0.4 is 0 Å². The van der Waals surface area contributed by atoms with Gasteiger partial charge in [-0.3, -0.25) is 0 Å². The fourth-order valence-corrected chi connectivity index (χ4v) is 2.51. The van der Waals surface area contributed by atoms with E-state index >= 15 is 0 Å². The van der Waals surface area contributed by atoms with Crippen LogP contribution in [-0.4, -0.2) is 5.16 Å². The zero-order valence-corrected chi connectivity index (χ0v) is 9.97. The minimum atomic E-state index is 0.867. The number of nitrogens with zero attached hydrogens (tertiary/aromatic N) is 1. The zero-order chi connectivity index (χ0) is 11.1. The van der Waals surface area contributed by atoms with Crippen LogP contribution in [-0.2, 0) is 0 Å². The number of fused-ring (bicyclic) bond motifs is 1. The highest BCUT2D eigenvalue weighted by atomic mass is 32.1. The smallest absolute Gasteiger partial charge is 0.167 e. The van der Waals surface area contributed by atoms with Gasteiger partial charge in [0.05, 0.1) is 10.3 Å². The molecule has 2 aromatic heterocycles. The van der Waals surface area contributed by atoms with E-state index in [1.807, 2.05) is 6.07 Å². The fraction of sp³-hybridized carbons (Fsp3) is 0.154. The van der Waals surface area contributed by atoms with Gasteiger partial charge in [0.25, 0.3) is 0 Å². The standard InChI is InChI=1S/C13H11NOS/c1-8-6-10-11(7-9(8)2)15-14-13(10)12-4-3-5-16-12/h3-7H,1-2H3. The second-order valence-corrected chi connectivity index (χ2v) is 4.89. The van der Waals surface area contributed by atoms with E-state index in [0.717, 1.165) is 21.5 Å². The van der Waals surface area contributed by atoms with Crippen molar-refractivity contribution in [3.05, 3.63) is 40.8 Å². The minimum absolute atomic E-state index is 0.867. The third-order valence-electron chi connectivity index (χ3n) is 2.84. The van der Waals surface area contributed by atoms with Gasteiger partial charge in [-0.1, -0.05) is 11.2 Å². The maximum Gasteiger partial charge on any atom is 0.167 e. The molecule has 1 aromatic carbocycles. The summed E-state index contributed by atoms with van der Waals surface area (Å²) in [5.41, 5.74) is 4.33. The van der Waals surface area contributed by atoms with E-state index < -0.39 is 0 Å². The molecule has 0 saturated carbocycles. The summed E-state index contributed by atoms with van der Waals surface area (Å²) in [6, 6.07) is 8.30. The van der Waals surface area contributed by atoms with Crippen molar-refractivity contribution >= 4 is 22.3 Å². The monoisotopic (exact) mass is 229 g/mol. The third kappa shape index (κ3) is 1.36. The van der Waals surface area contributed by atoms with Gasteiger partial charge in [-0.05, 0) is 48.6 Å². The van der Waals surface area contributed by atoms with E-state index in [1.165, 1.54) is 11.1 Å². The summed E-state index contributed by atoms with van der Waals surface area (Å²) in [6.45, 7) is 4.20. The van der Waals surface area contributed by atoms with Crippen LogP contribution in [0.4, 0.5) is 0 Å². The molecule has 0 amide bonds. The molecule has 0 unspecified atom stereocenters. The fourth-order valence-electron chi connectivity index (χ4n) is 1.79. The predicted molar refractivity (Wildman–Crippen MR) is 66.8 cm³/mol. The highest BCUT2D eigenvalue weighted by Gasteiger charge is 2.12. The van der Waals surface area contributed by atoms with Gasteiger partial charge >= 0.3 is 0 Å². The lowest BCUT2D eigenvalue weighted by Crippen LogP contribution is -1.80. The molecule has 80 valence electrons. The number of hydrogen-bond acceptors (Lipinski definition) is 3. The quantitative estimate of drug-likeness (QED) is 0.625. The van der Waals surface area contributed by atoms with Crippen LogP contribution >= 0.6 is 11.3 Å². The normalized spacial score (nSPS) is 11.1. The summed E-state index contributed by atoms with van der Waals surface area (Å²) in [5.74, 6) is 0. The Kier molecular flexibility index (Phi) is 2.07. The molecule has 0 saturated heterocycles. The van der Waals surface area contributed by atoms with Gasteiger partial charge in [0.2, 0.25) is 0 Å². The maximum absolute atomic E-state index is 5.37. The molecular weight excluding hydrogens is 218 g/mol. The summed E-state index contributed by atoms with van der Waals surface area (Å²) in [7, 11) is 0. The van der Waals surface area contributed by atoms with Crippen molar-refractivity contribution in [2.24, 2.45) is 0 Å². The molecule has 2 nitrogen and oxygen atoms in total. The van der Waals surface area contributed by atoms with Crippen LogP contribution in [0.5, 0.6) is 0 Å². The topological polar surface area (TPSA) is 26.0 Å². The number of benzene rings is 1. The predicted octanol–water partition coefficient (Wildman–Crippen LogP) is 4.17. The van der Waals surface area contributed by atoms with Gasteiger partial charge in [-0.25, -0.2) is 0 Å². The number of aryl methyl sites for hydroxylation is 2. The summed E-state index contributed by atoms with van der Waals surface area (Å²) in [4.78, 5) is 1.15. The maximum atomic E-state index is 5.37. The Morgan fingerprint density at radius 1 is 1.19 bits per heavy atom. The summed E-state index contributed by atoms with van der Waals surface area (Å²) < 4.78 is 5.37. The zero-order valence-electron chi connectivity index (χ0n) is 9.15. The van der Waals surface area contributed by atoms with Crippen molar-refractivity contribution in [1.29, 1.82) is 0 Å². The molecule has 3 rings (SSSR count). The molecule has 0 radical (unpaired) electrons. The van der Waals surface area contributed by atoms with E-state index in [9.17, 15) is 0 Å². The second-order valence-electron chi connectivity index (χ2n) is 3.94. The minimum Gasteiger partial charge on any atom is -0.356 e. The second kappa shape index (κ2) is 3.46. The lowest BCUT2D eigenvalue weighted by atomic mass is 10.1. The first-order chi connectivity index (χ1) is 7.75. The molecule has 0 aliphatic carbocycles. The van der Waals surface area contributed by atoms with E-state index in [0.29, 0.717) is 0 Å². The first kappa shape index (κ1) is 9.60. The van der Waals surface area contributed by atoms with Crippen LogP contribution in [0.1, 0.15) is 11.1 Å². The van der Waals surface area contributed by atoms with Crippen molar-refractivity contribution in [2.45, 2.75) is 13.8 Å². The molecular formula is C13H11NOS. The van der Waals surface area contributed by atoms with E-state index in [4.69, 9.17) is 4.52 Å². The molecule has 2 heterocycles. The van der Waals surface area contributed by atoms with Crippen molar-refractivity contribution in [1.82, 2.24) is 5.16 Å².